The van der Waals surface area contributed by atoms with Gasteiger partial charge in [-0.15, -0.1) is 4.40 Å². The number of H-pyrrole nitrogens is 1. The van der Waals surface area contributed by atoms with Gasteiger partial charge in [-0.3, -0.25) is 9.59 Å². The van der Waals surface area contributed by atoms with Crippen molar-refractivity contribution in [1.29, 1.82) is 0 Å². The molecule has 2 aliphatic heterocycles. The van der Waals surface area contributed by atoms with Crippen LogP contribution in [0.1, 0.15) is 19.7 Å². The van der Waals surface area contributed by atoms with E-state index in [4.69, 9.17) is 0 Å². The van der Waals surface area contributed by atoms with Gasteiger partial charge in [0.2, 0.25) is 0 Å². The van der Waals surface area contributed by atoms with E-state index in [1.807, 2.05) is 13.8 Å². The second kappa shape index (κ2) is 7.52. The number of allylic oxidation sites excluding steroid dienone is 2. The van der Waals surface area contributed by atoms with E-state index < -0.39 is 10.0 Å². The number of sulfonamides is 1. The molecule has 2 aliphatic rings. The van der Waals surface area contributed by atoms with Crippen molar-refractivity contribution in [3.8, 4) is 0 Å². The number of carbonyl (C=O) groups is 1. The summed E-state index contributed by atoms with van der Waals surface area (Å²) in [5.74, 6) is -0.00789. The topological polar surface area (TPSA) is 116 Å². The average Bonchev–Trinajstić information content (AvgIpc) is 2.70. The molecule has 0 spiro atoms. The highest BCUT2D eigenvalue weighted by molar-refractivity contribution is 7.90. The van der Waals surface area contributed by atoms with Crippen molar-refractivity contribution in [3.63, 3.8) is 0 Å². The third-order valence-corrected chi connectivity index (χ3v) is 6.10. The molecule has 0 bridgehead atoms. The lowest BCUT2D eigenvalue weighted by Gasteiger charge is -2.32. The van der Waals surface area contributed by atoms with Crippen LogP contribution in [0.5, 0.6) is 0 Å². The van der Waals surface area contributed by atoms with E-state index in [0.717, 1.165) is 0 Å². The van der Waals surface area contributed by atoms with Crippen molar-refractivity contribution in [2.45, 2.75) is 26.4 Å². The van der Waals surface area contributed by atoms with Gasteiger partial charge in [0.1, 0.15) is 5.82 Å². The van der Waals surface area contributed by atoms with E-state index in [2.05, 4.69) is 14.4 Å². The Balaban J connectivity index is 1.69. The zero-order valence-corrected chi connectivity index (χ0v) is 17.4. The monoisotopic (exact) mass is 427 g/mol. The lowest BCUT2D eigenvalue weighted by atomic mass is 10.1. The van der Waals surface area contributed by atoms with Crippen LogP contribution in [0.3, 0.4) is 0 Å². The molecule has 0 aliphatic carbocycles. The second-order valence-corrected chi connectivity index (χ2v) is 9.13. The maximum absolute atomic E-state index is 13.4. The van der Waals surface area contributed by atoms with Gasteiger partial charge in [0.15, 0.2) is 5.84 Å². The van der Waals surface area contributed by atoms with Crippen LogP contribution < -0.4 is 5.56 Å². The molecule has 2 aromatic rings. The Labute approximate surface area is 173 Å². The zero-order valence-electron chi connectivity index (χ0n) is 16.6. The van der Waals surface area contributed by atoms with Crippen LogP contribution in [0.25, 0.3) is 10.9 Å². The summed E-state index contributed by atoms with van der Waals surface area (Å²) in [4.78, 5) is 36.1. The lowest BCUT2D eigenvalue weighted by molar-refractivity contribution is -0.129. The molecule has 156 valence electrons. The highest BCUT2D eigenvalue weighted by Gasteiger charge is 2.33. The molecule has 30 heavy (non-hydrogen) atoms. The van der Waals surface area contributed by atoms with Crippen molar-refractivity contribution in [3.05, 3.63) is 64.4 Å². The van der Waals surface area contributed by atoms with E-state index in [1.165, 1.54) is 4.90 Å². The summed E-state index contributed by atoms with van der Waals surface area (Å²) < 4.78 is 27.8. The molecule has 0 radical (unpaired) electrons. The number of para-hydroxylation sites is 1. The summed E-state index contributed by atoms with van der Waals surface area (Å²) in [5, 5.41) is 0.473. The van der Waals surface area contributed by atoms with Crippen molar-refractivity contribution in [1.82, 2.24) is 19.8 Å². The standard InChI is InChI=1S/C20H21N5O4S/c1-13(2)25(12-17-21-16-8-4-3-6-14(16)19(26)22-17)20(27)15-7-5-9-24-10-11-30(28,29)23-18(15)24/h3-9,13H,10-12H2,1-2H3,(H,21,22,26). The number of aromatic nitrogens is 2. The zero-order chi connectivity index (χ0) is 21.5. The van der Waals surface area contributed by atoms with Crippen molar-refractivity contribution in [2.75, 3.05) is 12.3 Å². The number of rotatable bonds is 4. The Morgan fingerprint density at radius 1 is 1.30 bits per heavy atom. The van der Waals surface area contributed by atoms with Gasteiger partial charge in [0, 0.05) is 18.8 Å². The van der Waals surface area contributed by atoms with Gasteiger partial charge >= 0.3 is 0 Å². The first-order valence-corrected chi connectivity index (χ1v) is 11.1. The number of amides is 1. The predicted molar refractivity (Wildman–Crippen MR) is 113 cm³/mol. The first-order valence-electron chi connectivity index (χ1n) is 9.52. The fourth-order valence-electron chi connectivity index (χ4n) is 3.40. The SMILES string of the molecule is CC(C)N(Cc1nc2ccccc2c(=O)[nH]1)C(=O)C1=CC=CN2CCS(=O)(=O)N=C12. The number of amidine groups is 1. The second-order valence-electron chi connectivity index (χ2n) is 7.37. The van der Waals surface area contributed by atoms with Crippen LogP contribution >= 0.6 is 0 Å². The fraction of sp³-hybridized carbons (Fsp3) is 0.300. The highest BCUT2D eigenvalue weighted by Crippen LogP contribution is 2.21. The molecular formula is C20H21N5O4S. The van der Waals surface area contributed by atoms with E-state index in [1.54, 1.807) is 47.5 Å². The van der Waals surface area contributed by atoms with Gasteiger partial charge in [0.25, 0.3) is 21.5 Å². The summed E-state index contributed by atoms with van der Waals surface area (Å²) in [7, 11) is -3.61. The smallest absolute Gasteiger partial charge is 0.258 e. The lowest BCUT2D eigenvalue weighted by Crippen LogP contribution is -2.45. The quantitative estimate of drug-likeness (QED) is 0.783. The van der Waals surface area contributed by atoms with Gasteiger partial charge in [-0.05, 0) is 38.1 Å². The molecule has 1 N–H and O–H groups in total. The Hall–Kier alpha value is -3.27. The van der Waals surface area contributed by atoms with Crippen LogP contribution in [-0.4, -0.2) is 58.3 Å². The van der Waals surface area contributed by atoms with E-state index in [9.17, 15) is 18.0 Å². The van der Waals surface area contributed by atoms with Crippen molar-refractivity contribution in [2.24, 2.45) is 4.40 Å². The average molecular weight is 427 g/mol. The number of fused-ring (bicyclic) bond motifs is 2. The molecule has 0 saturated heterocycles. The van der Waals surface area contributed by atoms with Crippen molar-refractivity contribution < 1.29 is 13.2 Å². The molecule has 0 fully saturated rings. The Morgan fingerprint density at radius 3 is 2.83 bits per heavy atom. The van der Waals surface area contributed by atoms with E-state index >= 15 is 0 Å². The normalized spacial score (nSPS) is 17.5. The first kappa shape index (κ1) is 20.0. The van der Waals surface area contributed by atoms with Gasteiger partial charge in [0.05, 0.1) is 28.8 Å². The number of hydrogen-bond acceptors (Lipinski definition) is 6. The minimum Gasteiger partial charge on any atom is -0.331 e. The molecular weight excluding hydrogens is 406 g/mol. The maximum atomic E-state index is 13.4. The molecule has 1 aromatic heterocycles. The first-order chi connectivity index (χ1) is 14.2. The molecule has 3 heterocycles. The number of nitrogens with one attached hydrogen (secondary N) is 1. The predicted octanol–water partition coefficient (Wildman–Crippen LogP) is 1.16. The largest absolute Gasteiger partial charge is 0.331 e. The minimum absolute atomic E-state index is 0.0671. The summed E-state index contributed by atoms with van der Waals surface area (Å²) in [6.07, 6.45) is 4.95. The van der Waals surface area contributed by atoms with Gasteiger partial charge in [-0.25, -0.2) is 13.4 Å². The summed E-state index contributed by atoms with van der Waals surface area (Å²) in [6.45, 7) is 3.99. The van der Waals surface area contributed by atoms with Crippen LogP contribution in [-0.2, 0) is 21.4 Å². The molecule has 0 saturated carbocycles. The summed E-state index contributed by atoms with van der Waals surface area (Å²) in [6, 6.07) is 6.75. The third kappa shape index (κ3) is 3.78. The molecule has 1 amide bonds. The Kier molecular flexibility index (Phi) is 5.02. The van der Waals surface area contributed by atoms with Crippen LogP contribution in [0.15, 0.2) is 57.4 Å². The highest BCUT2D eigenvalue weighted by atomic mass is 32.2. The van der Waals surface area contributed by atoms with Gasteiger partial charge < -0.3 is 14.8 Å². The number of aromatic amines is 1. The maximum Gasteiger partial charge on any atom is 0.258 e. The van der Waals surface area contributed by atoms with Gasteiger partial charge in [-0.2, -0.15) is 0 Å². The molecule has 9 nitrogen and oxygen atoms in total. The molecule has 4 rings (SSSR count). The van der Waals surface area contributed by atoms with Crippen LogP contribution in [0.4, 0.5) is 0 Å². The number of carbonyl (C=O) groups excluding carboxylic acids is 1. The minimum atomic E-state index is -3.61. The molecule has 0 atom stereocenters. The Bertz CT molecular complexity index is 1270. The van der Waals surface area contributed by atoms with Crippen molar-refractivity contribution >= 4 is 32.7 Å². The van der Waals surface area contributed by atoms with Crippen LogP contribution in [0.2, 0.25) is 0 Å². The fourth-order valence-corrected chi connectivity index (χ4v) is 4.38. The molecule has 0 unspecified atom stereocenters. The molecule has 1 aromatic carbocycles. The van der Waals surface area contributed by atoms with E-state index in [0.29, 0.717) is 16.7 Å². The summed E-state index contributed by atoms with van der Waals surface area (Å²) in [5.41, 5.74) is 0.458. The number of nitrogens with zero attached hydrogens (tertiary/aromatic N) is 4. The third-order valence-electron chi connectivity index (χ3n) is 4.95. The van der Waals surface area contributed by atoms with Crippen LogP contribution in [0, 0.1) is 0 Å². The summed E-state index contributed by atoms with van der Waals surface area (Å²) >= 11 is 0. The van der Waals surface area contributed by atoms with E-state index in [-0.39, 0.29) is 47.8 Å². The number of hydrogen-bond donors (Lipinski definition) is 1. The Morgan fingerprint density at radius 2 is 2.07 bits per heavy atom. The van der Waals surface area contributed by atoms with Gasteiger partial charge in [-0.1, -0.05) is 12.1 Å². The molecule has 10 heteroatoms. The number of benzene rings is 1.